The second kappa shape index (κ2) is 5.74. The third-order valence-corrected chi connectivity index (χ3v) is 2.66. The minimum absolute atomic E-state index is 0.541. The number of hydrogen-bond donors (Lipinski definition) is 2. The van der Waals surface area contributed by atoms with Crippen molar-refractivity contribution in [3.8, 4) is 11.8 Å². The van der Waals surface area contributed by atoms with Gasteiger partial charge in [-0.25, -0.2) is 4.98 Å². The van der Waals surface area contributed by atoms with Crippen molar-refractivity contribution in [3.05, 3.63) is 47.7 Å². The third-order valence-electron chi connectivity index (χ3n) is 2.66. The molecule has 0 radical (unpaired) electrons. The third kappa shape index (κ3) is 3.13. The van der Waals surface area contributed by atoms with Gasteiger partial charge in [0, 0.05) is 12.7 Å². The number of nitrogens with zero attached hydrogens (tertiary/aromatic N) is 2. The van der Waals surface area contributed by atoms with Crippen LogP contribution in [0.4, 0.5) is 11.5 Å². The molecule has 1 aromatic heterocycles. The zero-order chi connectivity index (χ0) is 13.7. The minimum Gasteiger partial charge on any atom is -0.495 e. The van der Waals surface area contributed by atoms with Crippen molar-refractivity contribution >= 4 is 11.5 Å². The van der Waals surface area contributed by atoms with E-state index in [1.807, 2.05) is 24.3 Å². The fourth-order valence-corrected chi connectivity index (χ4v) is 1.65. The number of hydrogen-bond acceptors (Lipinski definition) is 5. The van der Waals surface area contributed by atoms with E-state index in [1.54, 1.807) is 19.2 Å². The number of nitrogen functional groups attached to an aromatic ring is 1. The van der Waals surface area contributed by atoms with Gasteiger partial charge < -0.3 is 15.8 Å². The molecule has 0 bridgehead atoms. The molecule has 5 heteroatoms. The lowest BCUT2D eigenvalue weighted by Gasteiger charge is -2.08. The fourth-order valence-electron chi connectivity index (χ4n) is 1.65. The molecule has 96 valence electrons. The smallest absolute Gasteiger partial charge is 0.141 e. The molecular weight excluding hydrogens is 240 g/mol. The zero-order valence-electron chi connectivity index (χ0n) is 10.6. The number of pyridine rings is 1. The lowest BCUT2D eigenvalue weighted by Crippen LogP contribution is -2.02. The van der Waals surface area contributed by atoms with E-state index in [1.165, 1.54) is 6.20 Å². The molecule has 19 heavy (non-hydrogen) atoms. The highest BCUT2D eigenvalue weighted by molar-refractivity contribution is 5.54. The summed E-state index contributed by atoms with van der Waals surface area (Å²) in [6.45, 7) is 0.604. The normalized spacial score (nSPS) is 9.68. The van der Waals surface area contributed by atoms with Crippen molar-refractivity contribution in [2.75, 3.05) is 18.2 Å². The molecule has 1 heterocycles. The summed E-state index contributed by atoms with van der Waals surface area (Å²) in [5.41, 5.74) is 8.01. The fraction of sp³-hybridized carbons (Fsp3) is 0.143. The number of nitrogens with one attached hydrogen (secondary N) is 1. The van der Waals surface area contributed by atoms with Crippen molar-refractivity contribution in [2.45, 2.75) is 6.54 Å². The molecule has 0 aliphatic carbocycles. The average molecular weight is 254 g/mol. The van der Waals surface area contributed by atoms with E-state index in [0.717, 1.165) is 5.56 Å². The lowest BCUT2D eigenvalue weighted by molar-refractivity contribution is 0.417. The number of methoxy groups -OCH3 is 1. The summed E-state index contributed by atoms with van der Waals surface area (Å²) in [6, 6.07) is 11.1. The van der Waals surface area contributed by atoms with Gasteiger partial charge in [0.15, 0.2) is 0 Å². The molecule has 1 aromatic carbocycles. The number of nitriles is 1. The first-order valence-electron chi connectivity index (χ1n) is 5.75. The number of nitrogens with two attached hydrogens (primary N) is 1. The Morgan fingerprint density at radius 3 is 2.79 bits per heavy atom. The van der Waals surface area contributed by atoms with Gasteiger partial charge >= 0.3 is 0 Å². The van der Waals surface area contributed by atoms with Gasteiger partial charge in [0.2, 0.25) is 0 Å². The number of anilines is 2. The van der Waals surface area contributed by atoms with Gasteiger partial charge in [-0.3, -0.25) is 0 Å². The highest BCUT2D eigenvalue weighted by Crippen LogP contribution is 2.22. The van der Waals surface area contributed by atoms with Crippen molar-refractivity contribution in [2.24, 2.45) is 0 Å². The summed E-state index contributed by atoms with van der Waals surface area (Å²) in [5.74, 6) is 1.38. The lowest BCUT2D eigenvalue weighted by atomic mass is 10.2. The second-order valence-corrected chi connectivity index (χ2v) is 3.97. The average Bonchev–Trinajstić information content (AvgIpc) is 2.46. The highest BCUT2D eigenvalue weighted by atomic mass is 16.5. The maximum atomic E-state index is 8.68. The molecule has 0 amide bonds. The molecule has 2 rings (SSSR count). The van der Waals surface area contributed by atoms with Crippen LogP contribution in [0.2, 0.25) is 0 Å². The summed E-state index contributed by atoms with van der Waals surface area (Å²) < 4.78 is 5.10. The Balaban J connectivity index is 2.02. The van der Waals surface area contributed by atoms with E-state index >= 15 is 0 Å². The van der Waals surface area contributed by atoms with Gasteiger partial charge in [-0.15, -0.1) is 0 Å². The van der Waals surface area contributed by atoms with E-state index in [2.05, 4.69) is 10.3 Å². The first kappa shape index (κ1) is 12.7. The molecule has 0 aliphatic rings. The van der Waals surface area contributed by atoms with Crippen LogP contribution in [0.15, 0.2) is 36.5 Å². The quantitative estimate of drug-likeness (QED) is 0.817. The van der Waals surface area contributed by atoms with Gasteiger partial charge in [-0.2, -0.15) is 5.26 Å². The molecule has 0 saturated carbocycles. The maximum absolute atomic E-state index is 8.68. The van der Waals surface area contributed by atoms with Gasteiger partial charge in [-0.1, -0.05) is 6.07 Å². The minimum atomic E-state index is 0.541. The van der Waals surface area contributed by atoms with Crippen LogP contribution in [0.1, 0.15) is 11.1 Å². The Hall–Kier alpha value is -2.74. The van der Waals surface area contributed by atoms with Gasteiger partial charge in [0.1, 0.15) is 17.6 Å². The van der Waals surface area contributed by atoms with Crippen LogP contribution < -0.4 is 15.8 Å². The van der Waals surface area contributed by atoms with E-state index in [0.29, 0.717) is 29.4 Å². The Kier molecular flexibility index (Phi) is 3.84. The predicted octanol–water partition coefficient (Wildman–Crippen LogP) is 2.16. The van der Waals surface area contributed by atoms with Crippen molar-refractivity contribution in [3.63, 3.8) is 0 Å². The van der Waals surface area contributed by atoms with E-state index < -0.39 is 0 Å². The molecule has 0 aliphatic heterocycles. The largest absolute Gasteiger partial charge is 0.495 e. The standard InChI is InChI=1S/C14H14N4O/c1-19-13-4-2-10(6-12(13)16)8-17-14-5-3-11(7-15)9-18-14/h2-6,9H,8,16H2,1H3,(H,17,18). The van der Waals surface area contributed by atoms with E-state index in [9.17, 15) is 0 Å². The molecule has 0 saturated heterocycles. The van der Waals surface area contributed by atoms with Crippen LogP contribution >= 0.6 is 0 Å². The molecular formula is C14H14N4O. The number of rotatable bonds is 4. The summed E-state index contributed by atoms with van der Waals surface area (Å²) in [4.78, 5) is 4.13. The van der Waals surface area contributed by atoms with Crippen LogP contribution in [0.25, 0.3) is 0 Å². The van der Waals surface area contributed by atoms with E-state index in [-0.39, 0.29) is 0 Å². The first-order chi connectivity index (χ1) is 9.22. The van der Waals surface area contributed by atoms with Crippen LogP contribution in [0.3, 0.4) is 0 Å². The van der Waals surface area contributed by atoms with Gasteiger partial charge in [0.25, 0.3) is 0 Å². The Morgan fingerprint density at radius 2 is 2.21 bits per heavy atom. The molecule has 0 unspecified atom stereocenters. The Morgan fingerprint density at radius 1 is 1.37 bits per heavy atom. The molecule has 0 fully saturated rings. The topological polar surface area (TPSA) is 84.0 Å². The monoisotopic (exact) mass is 254 g/mol. The number of benzene rings is 1. The SMILES string of the molecule is COc1ccc(CNc2ccc(C#N)cn2)cc1N. The maximum Gasteiger partial charge on any atom is 0.141 e. The van der Waals surface area contributed by atoms with Crippen LogP contribution in [0, 0.1) is 11.3 Å². The number of aromatic nitrogens is 1. The Labute approximate surface area is 111 Å². The molecule has 0 atom stereocenters. The molecule has 5 nitrogen and oxygen atoms in total. The van der Waals surface area contributed by atoms with Crippen molar-refractivity contribution in [1.29, 1.82) is 5.26 Å². The van der Waals surface area contributed by atoms with Gasteiger partial charge in [0.05, 0.1) is 18.4 Å². The predicted molar refractivity (Wildman–Crippen MR) is 73.7 cm³/mol. The van der Waals surface area contributed by atoms with Crippen molar-refractivity contribution in [1.82, 2.24) is 4.98 Å². The Bertz CT molecular complexity index is 602. The number of ether oxygens (including phenoxy) is 1. The molecule has 0 spiro atoms. The van der Waals surface area contributed by atoms with Crippen LogP contribution in [-0.2, 0) is 6.54 Å². The summed E-state index contributed by atoms with van der Waals surface area (Å²) in [7, 11) is 1.59. The zero-order valence-corrected chi connectivity index (χ0v) is 10.6. The molecule has 3 N–H and O–H groups in total. The second-order valence-electron chi connectivity index (χ2n) is 3.97. The molecule has 2 aromatic rings. The van der Waals surface area contributed by atoms with Crippen LogP contribution in [0.5, 0.6) is 5.75 Å². The first-order valence-corrected chi connectivity index (χ1v) is 5.75. The van der Waals surface area contributed by atoms with Gasteiger partial charge in [-0.05, 0) is 29.8 Å². The summed E-state index contributed by atoms with van der Waals surface area (Å²) in [5, 5.41) is 11.8. The van der Waals surface area contributed by atoms with Crippen LogP contribution in [-0.4, -0.2) is 12.1 Å². The van der Waals surface area contributed by atoms with E-state index in [4.69, 9.17) is 15.7 Å². The summed E-state index contributed by atoms with van der Waals surface area (Å²) >= 11 is 0. The highest BCUT2D eigenvalue weighted by Gasteiger charge is 2.01. The van der Waals surface area contributed by atoms with Crippen molar-refractivity contribution < 1.29 is 4.74 Å². The summed E-state index contributed by atoms with van der Waals surface area (Å²) in [6.07, 6.45) is 1.53.